The van der Waals surface area contributed by atoms with Gasteiger partial charge in [0.1, 0.15) is 0 Å². The molecule has 0 aromatic rings. The summed E-state index contributed by atoms with van der Waals surface area (Å²) in [6, 6.07) is 0.708. The minimum Gasteiger partial charge on any atom is -0.481 e. The van der Waals surface area contributed by atoms with Gasteiger partial charge in [0.05, 0.1) is 5.41 Å². The number of carboxylic acid groups (broad SMARTS) is 1. The zero-order chi connectivity index (χ0) is 10.8. The molecule has 0 aromatic heterocycles. The second-order valence-corrected chi connectivity index (χ2v) is 5.00. The average molecular weight is 199 g/mol. The van der Waals surface area contributed by atoms with Crippen molar-refractivity contribution < 1.29 is 9.90 Å². The Bertz CT molecular complexity index is 209. The number of nitrogens with zero attached hydrogens (tertiary/aromatic N) is 1. The molecule has 3 nitrogen and oxygen atoms in total. The van der Waals surface area contributed by atoms with Crippen LogP contribution in [0, 0.1) is 5.41 Å². The van der Waals surface area contributed by atoms with E-state index >= 15 is 0 Å². The maximum Gasteiger partial charge on any atom is 0.309 e. The Morgan fingerprint density at radius 1 is 1.50 bits per heavy atom. The Morgan fingerprint density at radius 3 is 2.43 bits per heavy atom. The van der Waals surface area contributed by atoms with Gasteiger partial charge in [-0.25, -0.2) is 0 Å². The van der Waals surface area contributed by atoms with Crippen molar-refractivity contribution in [2.75, 3.05) is 13.6 Å². The number of carbonyl (C=O) groups is 1. The molecule has 82 valence electrons. The van der Waals surface area contributed by atoms with Gasteiger partial charge < -0.3 is 10.0 Å². The van der Waals surface area contributed by atoms with E-state index in [1.165, 1.54) is 19.3 Å². The van der Waals surface area contributed by atoms with Crippen molar-refractivity contribution in [3.63, 3.8) is 0 Å². The first-order valence-corrected chi connectivity index (χ1v) is 5.37. The third kappa shape index (κ3) is 2.71. The summed E-state index contributed by atoms with van der Waals surface area (Å²) in [6.07, 6.45) is 4.63. The van der Waals surface area contributed by atoms with Crippen LogP contribution in [0.3, 0.4) is 0 Å². The second kappa shape index (κ2) is 4.30. The highest BCUT2D eigenvalue weighted by Gasteiger charge is 2.29. The summed E-state index contributed by atoms with van der Waals surface area (Å²) in [6.45, 7) is 4.48. The smallest absolute Gasteiger partial charge is 0.309 e. The molecule has 1 aliphatic carbocycles. The fourth-order valence-corrected chi connectivity index (χ4v) is 1.57. The quantitative estimate of drug-likeness (QED) is 0.736. The third-order valence-electron chi connectivity index (χ3n) is 3.37. The Morgan fingerprint density at radius 2 is 2.07 bits per heavy atom. The van der Waals surface area contributed by atoms with Crippen molar-refractivity contribution in [3.8, 4) is 0 Å². The Balaban J connectivity index is 2.28. The molecule has 0 spiro atoms. The van der Waals surface area contributed by atoms with E-state index < -0.39 is 11.4 Å². The standard InChI is InChI=1S/C11H21NO2/c1-11(2,10(13)14)7-8-12(3)9-5-4-6-9/h9H,4-8H2,1-3H3,(H,13,14). The van der Waals surface area contributed by atoms with E-state index in [1.54, 1.807) is 13.8 Å². The Kier molecular flexibility index (Phi) is 3.53. The van der Waals surface area contributed by atoms with Crippen molar-refractivity contribution in [1.82, 2.24) is 4.90 Å². The first-order chi connectivity index (χ1) is 6.43. The van der Waals surface area contributed by atoms with Gasteiger partial charge in [-0.3, -0.25) is 4.79 Å². The lowest BCUT2D eigenvalue weighted by molar-refractivity contribution is -0.147. The summed E-state index contributed by atoms with van der Waals surface area (Å²) in [5.41, 5.74) is -0.585. The number of rotatable bonds is 5. The Labute approximate surface area is 86.1 Å². The van der Waals surface area contributed by atoms with Crippen LogP contribution in [-0.4, -0.2) is 35.6 Å². The number of carboxylic acids is 1. The zero-order valence-corrected chi connectivity index (χ0v) is 9.42. The molecule has 0 unspecified atom stereocenters. The van der Waals surface area contributed by atoms with Gasteiger partial charge in [0.25, 0.3) is 0 Å². The molecule has 1 saturated carbocycles. The van der Waals surface area contributed by atoms with E-state index in [2.05, 4.69) is 11.9 Å². The highest BCUT2D eigenvalue weighted by Crippen LogP contribution is 2.26. The van der Waals surface area contributed by atoms with Crippen molar-refractivity contribution in [3.05, 3.63) is 0 Å². The van der Waals surface area contributed by atoms with Gasteiger partial charge in [-0.05, 0) is 46.7 Å². The normalized spacial score (nSPS) is 18.3. The van der Waals surface area contributed by atoms with Gasteiger partial charge in [-0.2, -0.15) is 0 Å². The topological polar surface area (TPSA) is 40.5 Å². The maximum atomic E-state index is 10.9. The summed E-state index contributed by atoms with van der Waals surface area (Å²) >= 11 is 0. The molecule has 0 atom stereocenters. The van der Waals surface area contributed by atoms with Gasteiger partial charge in [0.2, 0.25) is 0 Å². The van der Waals surface area contributed by atoms with Gasteiger partial charge in [-0.1, -0.05) is 6.42 Å². The average Bonchev–Trinajstić information content (AvgIpc) is 1.97. The molecule has 0 aliphatic heterocycles. The molecule has 1 N–H and O–H groups in total. The number of hydrogen-bond acceptors (Lipinski definition) is 2. The van der Waals surface area contributed by atoms with E-state index in [0.29, 0.717) is 6.04 Å². The summed E-state index contributed by atoms with van der Waals surface area (Å²) in [5, 5.41) is 8.95. The summed E-state index contributed by atoms with van der Waals surface area (Å²) in [7, 11) is 2.10. The second-order valence-electron chi connectivity index (χ2n) is 5.00. The van der Waals surface area contributed by atoms with Crippen LogP contribution < -0.4 is 0 Å². The molecule has 0 bridgehead atoms. The summed E-state index contributed by atoms with van der Waals surface area (Å²) in [5.74, 6) is -0.695. The van der Waals surface area contributed by atoms with E-state index in [-0.39, 0.29) is 0 Å². The first-order valence-electron chi connectivity index (χ1n) is 5.37. The molecule has 0 amide bonds. The molecule has 14 heavy (non-hydrogen) atoms. The van der Waals surface area contributed by atoms with E-state index in [9.17, 15) is 4.79 Å². The molecule has 1 fully saturated rings. The fraction of sp³-hybridized carbons (Fsp3) is 0.909. The number of hydrogen-bond donors (Lipinski definition) is 1. The van der Waals surface area contributed by atoms with Crippen molar-refractivity contribution in [2.24, 2.45) is 5.41 Å². The first kappa shape index (κ1) is 11.5. The maximum absolute atomic E-state index is 10.9. The van der Waals surface area contributed by atoms with Crippen LogP contribution in [0.4, 0.5) is 0 Å². The van der Waals surface area contributed by atoms with Crippen LogP contribution in [0.15, 0.2) is 0 Å². The molecule has 3 heteroatoms. The highest BCUT2D eigenvalue weighted by atomic mass is 16.4. The largest absolute Gasteiger partial charge is 0.481 e. The van der Waals surface area contributed by atoms with Crippen LogP contribution in [-0.2, 0) is 4.79 Å². The minimum atomic E-state index is -0.695. The molecular weight excluding hydrogens is 178 g/mol. The molecule has 1 rings (SSSR count). The molecule has 0 heterocycles. The predicted molar refractivity (Wildman–Crippen MR) is 56.3 cm³/mol. The highest BCUT2D eigenvalue weighted by molar-refractivity contribution is 5.73. The molecule has 0 saturated heterocycles. The van der Waals surface area contributed by atoms with Crippen molar-refractivity contribution >= 4 is 5.97 Å². The van der Waals surface area contributed by atoms with E-state index in [0.717, 1.165) is 13.0 Å². The van der Waals surface area contributed by atoms with Crippen LogP contribution in [0.2, 0.25) is 0 Å². The van der Waals surface area contributed by atoms with Crippen LogP contribution in [0.25, 0.3) is 0 Å². The third-order valence-corrected chi connectivity index (χ3v) is 3.37. The Hall–Kier alpha value is -0.570. The predicted octanol–water partition coefficient (Wildman–Crippen LogP) is 1.97. The summed E-state index contributed by atoms with van der Waals surface area (Å²) in [4.78, 5) is 13.2. The van der Waals surface area contributed by atoms with Crippen LogP contribution >= 0.6 is 0 Å². The SMILES string of the molecule is CN(CCC(C)(C)C(=O)O)C1CCC1. The van der Waals surface area contributed by atoms with Crippen LogP contribution in [0.5, 0.6) is 0 Å². The lowest BCUT2D eigenvalue weighted by Gasteiger charge is -2.36. The molecular formula is C11H21NO2. The molecule has 0 radical (unpaired) electrons. The van der Waals surface area contributed by atoms with Crippen molar-refractivity contribution in [2.45, 2.75) is 45.6 Å². The fourth-order valence-electron chi connectivity index (χ4n) is 1.57. The van der Waals surface area contributed by atoms with E-state index in [1.807, 2.05) is 0 Å². The van der Waals surface area contributed by atoms with Gasteiger partial charge in [0, 0.05) is 6.04 Å². The van der Waals surface area contributed by atoms with Gasteiger partial charge in [0.15, 0.2) is 0 Å². The minimum absolute atomic E-state index is 0.585. The van der Waals surface area contributed by atoms with Gasteiger partial charge >= 0.3 is 5.97 Å². The molecule has 0 aromatic carbocycles. The monoisotopic (exact) mass is 199 g/mol. The lowest BCUT2D eigenvalue weighted by atomic mass is 9.87. The summed E-state index contributed by atoms with van der Waals surface area (Å²) < 4.78 is 0. The number of aliphatic carboxylic acids is 1. The van der Waals surface area contributed by atoms with Gasteiger partial charge in [-0.15, -0.1) is 0 Å². The van der Waals surface area contributed by atoms with Crippen molar-refractivity contribution in [1.29, 1.82) is 0 Å². The molecule has 1 aliphatic rings. The van der Waals surface area contributed by atoms with Crippen LogP contribution in [0.1, 0.15) is 39.5 Å². The lowest BCUT2D eigenvalue weighted by Crippen LogP contribution is -2.39. The zero-order valence-electron chi connectivity index (χ0n) is 9.42. The van der Waals surface area contributed by atoms with E-state index in [4.69, 9.17) is 5.11 Å².